The number of ether oxygens (including phenoxy) is 2. The zero-order valence-electron chi connectivity index (χ0n) is 17.2. The Hall–Kier alpha value is -1.36. The highest BCUT2D eigenvalue weighted by atomic mass is 79.9. The summed E-state index contributed by atoms with van der Waals surface area (Å²) in [6, 6.07) is 6.06. The fourth-order valence-corrected chi connectivity index (χ4v) is 5.92. The van der Waals surface area contributed by atoms with Crippen molar-refractivity contribution in [2.24, 2.45) is 11.3 Å². The van der Waals surface area contributed by atoms with E-state index >= 15 is 0 Å². The molecule has 2 aliphatic carbocycles. The normalized spacial score (nSPS) is 28.8. The van der Waals surface area contributed by atoms with Crippen molar-refractivity contribution < 1.29 is 19.1 Å². The molecule has 0 heterocycles. The third-order valence-electron chi connectivity index (χ3n) is 6.98. The first kappa shape index (κ1) is 21.4. The maximum atomic E-state index is 12.6. The van der Waals surface area contributed by atoms with Gasteiger partial charge in [-0.05, 0) is 80.0 Å². The number of hydrogen-bond acceptors (Lipinski definition) is 4. The van der Waals surface area contributed by atoms with Crippen LogP contribution in [0.1, 0.15) is 69.9 Å². The number of carbonyl (C=O) groups is 2. The zero-order chi connectivity index (χ0) is 20.4. The van der Waals surface area contributed by atoms with Crippen molar-refractivity contribution in [2.75, 3.05) is 12.4 Å². The lowest BCUT2D eigenvalue weighted by atomic mass is 9.50. The second-order valence-corrected chi connectivity index (χ2v) is 9.50. The van der Waals surface area contributed by atoms with Gasteiger partial charge in [0.05, 0.1) is 12.5 Å². The van der Waals surface area contributed by atoms with Crippen LogP contribution < -0.4 is 4.74 Å². The van der Waals surface area contributed by atoms with Crippen LogP contribution in [0.25, 0.3) is 0 Å². The molecule has 0 spiro atoms. The molecular formula is C23H31BrO4. The number of hydrogen-bond donors (Lipinski definition) is 0. The first-order valence-electron chi connectivity index (χ1n) is 10.3. The number of benzene rings is 1. The monoisotopic (exact) mass is 450 g/mol. The predicted molar refractivity (Wildman–Crippen MR) is 113 cm³/mol. The maximum Gasteiger partial charge on any atom is 0.311 e. The molecule has 3 rings (SSSR count). The summed E-state index contributed by atoms with van der Waals surface area (Å²) in [5.74, 6) is 0.580. The highest BCUT2D eigenvalue weighted by Crippen LogP contribution is 2.57. The lowest BCUT2D eigenvalue weighted by molar-refractivity contribution is -0.161. The topological polar surface area (TPSA) is 52.6 Å². The molecule has 0 aliphatic heterocycles. The van der Waals surface area contributed by atoms with Crippen LogP contribution in [0, 0.1) is 11.3 Å². The molecule has 0 bridgehead atoms. The van der Waals surface area contributed by atoms with Gasteiger partial charge in [-0.1, -0.05) is 35.3 Å². The molecule has 4 nitrogen and oxygen atoms in total. The van der Waals surface area contributed by atoms with E-state index in [4.69, 9.17) is 9.47 Å². The molecule has 0 aromatic heterocycles. The van der Waals surface area contributed by atoms with Crippen LogP contribution in [0.5, 0.6) is 5.75 Å². The molecule has 154 valence electrons. The average molecular weight is 451 g/mol. The van der Waals surface area contributed by atoms with Crippen molar-refractivity contribution in [1.82, 2.24) is 0 Å². The lowest BCUT2D eigenvalue weighted by Gasteiger charge is -2.54. The van der Waals surface area contributed by atoms with Crippen molar-refractivity contribution in [3.8, 4) is 5.75 Å². The molecule has 0 amide bonds. The quantitative estimate of drug-likeness (QED) is 0.254. The highest BCUT2D eigenvalue weighted by Gasteiger charge is 2.55. The second kappa shape index (κ2) is 8.56. The number of fused-ring (bicyclic) bond motifs is 3. The lowest BCUT2D eigenvalue weighted by Crippen LogP contribution is -2.52. The van der Waals surface area contributed by atoms with E-state index in [0.717, 1.165) is 50.3 Å². The van der Waals surface area contributed by atoms with E-state index in [-0.39, 0.29) is 23.3 Å². The van der Waals surface area contributed by atoms with Crippen molar-refractivity contribution in [2.45, 2.75) is 70.6 Å². The van der Waals surface area contributed by atoms with Crippen molar-refractivity contribution in [3.63, 3.8) is 0 Å². The Morgan fingerprint density at radius 1 is 1.21 bits per heavy atom. The van der Waals surface area contributed by atoms with Crippen LogP contribution in [0.3, 0.4) is 0 Å². The number of carbonyl (C=O) groups excluding carboxylic acids is 2. The molecule has 1 fully saturated rings. The van der Waals surface area contributed by atoms with E-state index in [1.807, 2.05) is 12.1 Å². The largest absolute Gasteiger partial charge is 0.469 e. The van der Waals surface area contributed by atoms with Gasteiger partial charge < -0.3 is 9.47 Å². The molecule has 1 aromatic rings. The number of rotatable bonds is 6. The Balaban J connectivity index is 1.87. The summed E-state index contributed by atoms with van der Waals surface area (Å²) in [6.45, 7) is 4.34. The molecule has 0 unspecified atom stereocenters. The molecule has 28 heavy (non-hydrogen) atoms. The van der Waals surface area contributed by atoms with Crippen molar-refractivity contribution in [3.05, 3.63) is 29.3 Å². The van der Waals surface area contributed by atoms with E-state index < -0.39 is 5.41 Å². The number of halogens is 1. The SMILES string of the molecule is COC(=O)[C@@]1(C)CCC[C@]2(C)c3cc(OC(=O)CCCCBr)ccc3CC[C@@H]12. The number of alkyl halides is 1. The van der Waals surface area contributed by atoms with Crippen LogP contribution in [0.15, 0.2) is 18.2 Å². The summed E-state index contributed by atoms with van der Waals surface area (Å²) in [5.41, 5.74) is 1.99. The second-order valence-electron chi connectivity index (χ2n) is 8.71. The van der Waals surface area contributed by atoms with Gasteiger partial charge in [-0.2, -0.15) is 0 Å². The minimum Gasteiger partial charge on any atom is -0.469 e. The summed E-state index contributed by atoms with van der Waals surface area (Å²) in [7, 11) is 1.49. The van der Waals surface area contributed by atoms with Gasteiger partial charge in [0.25, 0.3) is 0 Å². The standard InChI is InChI=1S/C23H31BrO4/c1-22-12-6-13-23(2,21(26)27-3)19(22)11-9-16-8-10-17(15-18(16)22)28-20(25)7-4-5-14-24/h8,10,15,19H,4-7,9,11-14H2,1-3H3/t19-,22-,23+/m1/s1. The fraction of sp³-hybridized carbons (Fsp3) is 0.652. The first-order valence-corrected chi connectivity index (χ1v) is 11.5. The molecule has 2 aliphatic rings. The van der Waals surface area contributed by atoms with Gasteiger partial charge in [0, 0.05) is 11.8 Å². The summed E-state index contributed by atoms with van der Waals surface area (Å²) in [4.78, 5) is 24.8. The van der Waals surface area contributed by atoms with Gasteiger partial charge in [-0.15, -0.1) is 0 Å². The van der Waals surface area contributed by atoms with E-state index in [2.05, 4.69) is 35.8 Å². The number of methoxy groups -OCH3 is 1. The number of esters is 2. The molecule has 0 radical (unpaired) electrons. The van der Waals surface area contributed by atoms with Gasteiger partial charge in [-0.3, -0.25) is 9.59 Å². The third-order valence-corrected chi connectivity index (χ3v) is 7.54. The minimum atomic E-state index is -0.457. The third kappa shape index (κ3) is 3.87. The van der Waals surface area contributed by atoms with Crippen LogP contribution in [-0.4, -0.2) is 24.4 Å². The Bertz CT molecular complexity index is 746. The van der Waals surface area contributed by atoms with E-state index in [1.165, 1.54) is 18.2 Å². The molecule has 0 N–H and O–H groups in total. The van der Waals surface area contributed by atoms with Crippen molar-refractivity contribution >= 4 is 27.9 Å². The Morgan fingerprint density at radius 2 is 2.00 bits per heavy atom. The summed E-state index contributed by atoms with van der Waals surface area (Å²) >= 11 is 3.39. The van der Waals surface area contributed by atoms with Crippen LogP contribution in [0.2, 0.25) is 0 Å². The van der Waals surface area contributed by atoms with Gasteiger partial charge >= 0.3 is 11.9 Å². The predicted octanol–water partition coefficient (Wildman–Crippen LogP) is 5.34. The van der Waals surface area contributed by atoms with Gasteiger partial charge in [0.2, 0.25) is 0 Å². The first-order chi connectivity index (χ1) is 13.3. The Labute approximate surface area is 176 Å². The number of aryl methyl sites for hydroxylation is 1. The van der Waals surface area contributed by atoms with Gasteiger partial charge in [0.1, 0.15) is 5.75 Å². The summed E-state index contributed by atoms with van der Waals surface area (Å²) < 4.78 is 10.8. The van der Waals surface area contributed by atoms with E-state index in [1.54, 1.807) is 0 Å². The van der Waals surface area contributed by atoms with Crippen LogP contribution in [0.4, 0.5) is 0 Å². The fourth-order valence-electron chi connectivity index (χ4n) is 5.53. The molecule has 3 atom stereocenters. The zero-order valence-corrected chi connectivity index (χ0v) is 18.8. The Morgan fingerprint density at radius 3 is 2.71 bits per heavy atom. The van der Waals surface area contributed by atoms with Crippen molar-refractivity contribution in [1.29, 1.82) is 0 Å². The summed E-state index contributed by atoms with van der Waals surface area (Å²) in [6.07, 6.45) is 7.06. The van der Waals surface area contributed by atoms with E-state index in [0.29, 0.717) is 12.2 Å². The molecule has 5 heteroatoms. The van der Waals surface area contributed by atoms with Crippen LogP contribution in [-0.2, 0) is 26.2 Å². The highest BCUT2D eigenvalue weighted by molar-refractivity contribution is 9.09. The minimum absolute atomic E-state index is 0.0961. The molecule has 0 saturated heterocycles. The Kier molecular flexibility index (Phi) is 6.53. The van der Waals surface area contributed by atoms with Gasteiger partial charge in [-0.25, -0.2) is 0 Å². The van der Waals surface area contributed by atoms with E-state index in [9.17, 15) is 9.59 Å². The molecular weight excluding hydrogens is 420 g/mol. The molecule has 1 aromatic carbocycles. The summed E-state index contributed by atoms with van der Waals surface area (Å²) in [5, 5.41) is 0.901. The smallest absolute Gasteiger partial charge is 0.311 e. The molecule has 1 saturated carbocycles. The number of unbranched alkanes of at least 4 members (excludes halogenated alkanes) is 1. The van der Waals surface area contributed by atoms with Gasteiger partial charge in [0.15, 0.2) is 0 Å². The average Bonchev–Trinajstić information content (AvgIpc) is 2.67. The maximum absolute atomic E-state index is 12.6. The van der Waals surface area contributed by atoms with Crippen LogP contribution >= 0.6 is 15.9 Å².